The van der Waals surface area contributed by atoms with E-state index in [0.717, 1.165) is 6.42 Å². The molecule has 152 valence electrons. The molecule has 29 heavy (non-hydrogen) atoms. The molecule has 1 aliphatic heterocycles. The lowest BCUT2D eigenvalue weighted by molar-refractivity contribution is -0.121. The quantitative estimate of drug-likeness (QED) is 0.696. The molecule has 3 rings (SSSR count). The Morgan fingerprint density at radius 1 is 1.03 bits per heavy atom. The van der Waals surface area contributed by atoms with E-state index in [1.807, 2.05) is 18.2 Å². The Morgan fingerprint density at radius 2 is 1.76 bits per heavy atom. The molecule has 4 N–H and O–H groups in total. The van der Waals surface area contributed by atoms with Crippen LogP contribution in [0.2, 0.25) is 0 Å². The minimum atomic E-state index is -0.323. The Bertz CT molecular complexity index is 869. The highest BCUT2D eigenvalue weighted by Crippen LogP contribution is 2.22. The molecule has 0 saturated carbocycles. The van der Waals surface area contributed by atoms with Crippen LogP contribution in [0.4, 0.5) is 5.69 Å². The lowest BCUT2D eigenvalue weighted by Gasteiger charge is -2.32. The van der Waals surface area contributed by atoms with Gasteiger partial charge in [0.2, 0.25) is 5.91 Å². The van der Waals surface area contributed by atoms with E-state index < -0.39 is 0 Å². The van der Waals surface area contributed by atoms with Gasteiger partial charge in [0, 0.05) is 31.7 Å². The Kier molecular flexibility index (Phi) is 6.97. The summed E-state index contributed by atoms with van der Waals surface area (Å²) in [6.07, 6.45) is 1.46. The molecule has 0 aromatic heterocycles. The molecular formula is C22H26N4O3. The largest absolute Gasteiger partial charge is 0.351 e. The van der Waals surface area contributed by atoms with Crippen molar-refractivity contribution in [2.45, 2.75) is 12.8 Å². The molecule has 1 aliphatic rings. The number of hydrogen-bond acceptors (Lipinski definition) is 4. The number of carbonyl (C=O) groups is 3. The number of rotatable bonds is 6. The second kappa shape index (κ2) is 9.84. The summed E-state index contributed by atoms with van der Waals surface area (Å²) in [5.41, 5.74) is 6.90. The van der Waals surface area contributed by atoms with Gasteiger partial charge in [-0.1, -0.05) is 30.3 Å². The zero-order valence-electron chi connectivity index (χ0n) is 16.3. The number of carbonyl (C=O) groups excluding carboxylic acids is 3. The lowest BCUT2D eigenvalue weighted by atomic mass is 9.96. The van der Waals surface area contributed by atoms with Crippen molar-refractivity contribution in [3.8, 4) is 0 Å². The number of amides is 3. The van der Waals surface area contributed by atoms with E-state index in [2.05, 4.69) is 10.6 Å². The molecule has 0 radical (unpaired) electrons. The molecule has 3 amide bonds. The van der Waals surface area contributed by atoms with Gasteiger partial charge in [-0.15, -0.1) is 0 Å². The van der Waals surface area contributed by atoms with Crippen LogP contribution in [0.5, 0.6) is 0 Å². The topological polar surface area (TPSA) is 105 Å². The van der Waals surface area contributed by atoms with Crippen LogP contribution in [0.1, 0.15) is 33.6 Å². The van der Waals surface area contributed by atoms with Crippen LogP contribution in [-0.4, -0.2) is 48.8 Å². The third-order valence-electron chi connectivity index (χ3n) is 4.96. The number of nitrogens with one attached hydrogen (secondary N) is 2. The van der Waals surface area contributed by atoms with Crippen LogP contribution in [0, 0.1) is 5.92 Å². The number of nitrogens with zero attached hydrogens (tertiary/aromatic N) is 1. The predicted molar refractivity (Wildman–Crippen MR) is 112 cm³/mol. The molecular weight excluding hydrogens is 368 g/mol. The van der Waals surface area contributed by atoms with Gasteiger partial charge in [0.25, 0.3) is 11.8 Å². The highest BCUT2D eigenvalue weighted by molar-refractivity contribution is 6.04. The van der Waals surface area contributed by atoms with Crippen molar-refractivity contribution in [3.05, 3.63) is 65.7 Å². The highest BCUT2D eigenvalue weighted by Gasteiger charge is 2.29. The summed E-state index contributed by atoms with van der Waals surface area (Å²) >= 11 is 0. The Balaban J connectivity index is 1.67. The fraction of sp³-hybridized carbons (Fsp3) is 0.318. The van der Waals surface area contributed by atoms with Gasteiger partial charge in [-0.25, -0.2) is 0 Å². The summed E-state index contributed by atoms with van der Waals surface area (Å²) in [7, 11) is 0. The maximum Gasteiger partial charge on any atom is 0.253 e. The van der Waals surface area contributed by atoms with E-state index in [9.17, 15) is 14.4 Å². The van der Waals surface area contributed by atoms with Crippen molar-refractivity contribution in [3.63, 3.8) is 0 Å². The van der Waals surface area contributed by atoms with Gasteiger partial charge < -0.3 is 21.3 Å². The minimum absolute atomic E-state index is 0.0651. The van der Waals surface area contributed by atoms with Crippen LogP contribution in [0.3, 0.4) is 0 Å². The van der Waals surface area contributed by atoms with Crippen molar-refractivity contribution in [2.75, 3.05) is 31.5 Å². The van der Waals surface area contributed by atoms with Crippen LogP contribution in [0.15, 0.2) is 54.6 Å². The van der Waals surface area contributed by atoms with Crippen LogP contribution >= 0.6 is 0 Å². The number of para-hydroxylation sites is 1. The van der Waals surface area contributed by atoms with Crippen molar-refractivity contribution < 1.29 is 14.4 Å². The van der Waals surface area contributed by atoms with Crippen LogP contribution in [-0.2, 0) is 4.79 Å². The van der Waals surface area contributed by atoms with Crippen LogP contribution < -0.4 is 16.4 Å². The van der Waals surface area contributed by atoms with E-state index in [4.69, 9.17) is 5.73 Å². The summed E-state index contributed by atoms with van der Waals surface area (Å²) in [6.45, 7) is 1.70. The molecule has 0 bridgehead atoms. The first-order valence-electron chi connectivity index (χ1n) is 9.82. The molecule has 7 heteroatoms. The summed E-state index contributed by atoms with van der Waals surface area (Å²) in [5, 5.41) is 5.58. The van der Waals surface area contributed by atoms with E-state index in [1.54, 1.807) is 41.3 Å². The van der Waals surface area contributed by atoms with Gasteiger partial charge >= 0.3 is 0 Å². The maximum absolute atomic E-state index is 12.9. The Labute approximate surface area is 170 Å². The average molecular weight is 394 g/mol. The standard InChI is InChI=1S/C22H26N4O3/c23-12-13-24-21(28)18-10-4-5-11-19(18)25-20(27)17-9-6-14-26(15-17)22(29)16-7-2-1-3-8-16/h1-5,7-8,10-11,17H,6,9,12-15,23H2,(H,24,28)(H,25,27). The smallest absolute Gasteiger partial charge is 0.253 e. The van der Waals surface area contributed by atoms with E-state index in [1.165, 1.54) is 0 Å². The van der Waals surface area contributed by atoms with Crippen molar-refractivity contribution in [1.82, 2.24) is 10.2 Å². The number of piperidine rings is 1. The molecule has 1 saturated heterocycles. The number of likely N-dealkylation sites (tertiary alicyclic amines) is 1. The molecule has 2 aromatic rings. The molecule has 1 unspecified atom stereocenters. The fourth-order valence-corrected chi connectivity index (χ4v) is 3.44. The molecule has 7 nitrogen and oxygen atoms in total. The third-order valence-corrected chi connectivity index (χ3v) is 4.96. The molecule has 1 atom stereocenters. The summed E-state index contributed by atoms with van der Waals surface area (Å²) in [5.74, 6) is -0.855. The molecule has 1 heterocycles. The van der Waals surface area contributed by atoms with Crippen molar-refractivity contribution >= 4 is 23.4 Å². The van der Waals surface area contributed by atoms with Crippen molar-refractivity contribution in [2.24, 2.45) is 11.7 Å². The number of anilines is 1. The second-order valence-corrected chi connectivity index (χ2v) is 7.04. The Morgan fingerprint density at radius 3 is 2.52 bits per heavy atom. The normalized spacial score (nSPS) is 16.2. The third kappa shape index (κ3) is 5.20. The molecule has 0 spiro atoms. The van der Waals surface area contributed by atoms with Crippen LogP contribution in [0.25, 0.3) is 0 Å². The van der Waals surface area contributed by atoms with Gasteiger partial charge in [0.1, 0.15) is 0 Å². The summed E-state index contributed by atoms with van der Waals surface area (Å²) < 4.78 is 0. The number of benzene rings is 2. The van der Waals surface area contributed by atoms with Gasteiger partial charge in [-0.2, -0.15) is 0 Å². The minimum Gasteiger partial charge on any atom is -0.351 e. The summed E-state index contributed by atoms with van der Waals surface area (Å²) in [6, 6.07) is 15.9. The SMILES string of the molecule is NCCNC(=O)c1ccccc1NC(=O)C1CCCN(C(=O)c2ccccc2)C1. The Hall–Kier alpha value is -3.19. The number of hydrogen-bond donors (Lipinski definition) is 3. The first-order valence-corrected chi connectivity index (χ1v) is 9.82. The molecule has 1 fully saturated rings. The van der Waals surface area contributed by atoms with Gasteiger partial charge in [-0.3, -0.25) is 14.4 Å². The molecule has 2 aromatic carbocycles. The second-order valence-electron chi connectivity index (χ2n) is 7.04. The maximum atomic E-state index is 12.9. The number of nitrogens with two attached hydrogens (primary N) is 1. The average Bonchev–Trinajstić information content (AvgIpc) is 2.78. The predicted octanol–water partition coefficient (Wildman–Crippen LogP) is 1.87. The van der Waals surface area contributed by atoms with Gasteiger partial charge in [-0.05, 0) is 37.1 Å². The molecule has 0 aliphatic carbocycles. The monoisotopic (exact) mass is 394 g/mol. The lowest BCUT2D eigenvalue weighted by Crippen LogP contribution is -2.43. The zero-order chi connectivity index (χ0) is 20.6. The first kappa shape index (κ1) is 20.5. The first-order chi connectivity index (χ1) is 14.1. The van der Waals surface area contributed by atoms with Gasteiger partial charge in [0.15, 0.2) is 0 Å². The van der Waals surface area contributed by atoms with E-state index in [-0.39, 0.29) is 23.6 Å². The van der Waals surface area contributed by atoms with Gasteiger partial charge in [0.05, 0.1) is 17.2 Å². The summed E-state index contributed by atoms with van der Waals surface area (Å²) in [4.78, 5) is 39.6. The van der Waals surface area contributed by atoms with E-state index >= 15 is 0 Å². The highest BCUT2D eigenvalue weighted by atomic mass is 16.2. The fourth-order valence-electron chi connectivity index (χ4n) is 3.44. The van der Waals surface area contributed by atoms with Crippen molar-refractivity contribution in [1.29, 1.82) is 0 Å². The van der Waals surface area contributed by atoms with E-state index in [0.29, 0.717) is 49.4 Å². The zero-order valence-corrected chi connectivity index (χ0v) is 16.3.